The van der Waals surface area contributed by atoms with Gasteiger partial charge in [-0.05, 0) is 13.8 Å². The number of nitrogens with zero attached hydrogens (tertiary/aromatic N) is 3. The fraction of sp³-hybridized carbons (Fsp3) is 0.375. The fourth-order valence-corrected chi connectivity index (χ4v) is 1.07. The van der Waals surface area contributed by atoms with Gasteiger partial charge in [0.15, 0.2) is 17.7 Å². The number of anilines is 1. The van der Waals surface area contributed by atoms with Crippen molar-refractivity contribution in [2.45, 2.75) is 19.9 Å². The molecule has 2 heterocycles. The van der Waals surface area contributed by atoms with Crippen molar-refractivity contribution in [2.24, 2.45) is 0 Å². The molecule has 2 aromatic heterocycles. The van der Waals surface area contributed by atoms with E-state index in [1.54, 1.807) is 0 Å². The maximum Gasteiger partial charge on any atom is 0.251 e. The summed E-state index contributed by atoms with van der Waals surface area (Å²) >= 11 is 0. The van der Waals surface area contributed by atoms with Gasteiger partial charge in [0.1, 0.15) is 6.33 Å². The van der Waals surface area contributed by atoms with Crippen LogP contribution in [0.2, 0.25) is 0 Å². The molecule has 0 bridgehead atoms. The first kappa shape index (κ1) is 7.97. The van der Waals surface area contributed by atoms with E-state index >= 15 is 0 Å². The Labute approximate surface area is 75.2 Å². The number of aromatic nitrogens is 3. The van der Waals surface area contributed by atoms with Gasteiger partial charge in [0.2, 0.25) is 0 Å². The normalized spacial score (nSPS) is 11.0. The lowest BCUT2D eigenvalue weighted by Crippen LogP contribution is -2.11. The first-order valence-electron chi connectivity index (χ1n) is 4.08. The number of rotatable bonds is 2. The van der Waals surface area contributed by atoms with Gasteiger partial charge in [-0.25, -0.2) is 9.97 Å². The molecule has 0 aliphatic rings. The average Bonchev–Trinajstić information content (AvgIpc) is 2.51. The Kier molecular flexibility index (Phi) is 1.84. The number of oxazole rings is 1. The van der Waals surface area contributed by atoms with Crippen molar-refractivity contribution in [2.75, 3.05) is 5.32 Å². The Balaban J connectivity index is 2.48. The minimum Gasteiger partial charge on any atom is -0.425 e. The molecule has 0 aliphatic heterocycles. The molecule has 0 saturated carbocycles. The average molecular weight is 178 g/mol. The van der Waals surface area contributed by atoms with Gasteiger partial charge in [0, 0.05) is 6.04 Å². The van der Waals surface area contributed by atoms with Gasteiger partial charge in [-0.3, -0.25) is 0 Å². The van der Waals surface area contributed by atoms with Crippen LogP contribution in [0, 0.1) is 0 Å². The molecule has 0 amide bonds. The van der Waals surface area contributed by atoms with Crippen molar-refractivity contribution >= 4 is 17.0 Å². The zero-order chi connectivity index (χ0) is 9.26. The quantitative estimate of drug-likeness (QED) is 0.753. The lowest BCUT2D eigenvalue weighted by molar-refractivity contribution is 0.590. The summed E-state index contributed by atoms with van der Waals surface area (Å²) in [6.07, 6.45) is 2.82. The second-order valence-corrected chi connectivity index (χ2v) is 3.03. The van der Waals surface area contributed by atoms with Crippen LogP contribution in [0.15, 0.2) is 17.1 Å². The topological polar surface area (TPSA) is 63.8 Å². The molecule has 0 aliphatic carbocycles. The van der Waals surface area contributed by atoms with Gasteiger partial charge in [-0.2, -0.15) is 4.98 Å². The fourth-order valence-electron chi connectivity index (χ4n) is 1.07. The maximum atomic E-state index is 5.04. The Morgan fingerprint density at radius 3 is 2.92 bits per heavy atom. The standard InChI is InChI=1S/C8H10N4O/c1-5(2)12-7-6-8(10-3-9-7)13-4-11-6/h3-5H,1-2H3,(H,9,10,12). The van der Waals surface area contributed by atoms with E-state index in [-0.39, 0.29) is 0 Å². The van der Waals surface area contributed by atoms with E-state index in [0.29, 0.717) is 23.1 Å². The van der Waals surface area contributed by atoms with Gasteiger partial charge in [-0.15, -0.1) is 0 Å². The van der Waals surface area contributed by atoms with Crippen molar-refractivity contribution in [3.63, 3.8) is 0 Å². The van der Waals surface area contributed by atoms with E-state index in [1.165, 1.54) is 12.7 Å². The van der Waals surface area contributed by atoms with Crippen LogP contribution in [0.1, 0.15) is 13.8 Å². The number of nitrogens with one attached hydrogen (secondary N) is 1. The van der Waals surface area contributed by atoms with Crippen LogP contribution in [0.4, 0.5) is 5.82 Å². The van der Waals surface area contributed by atoms with Gasteiger partial charge in [0.05, 0.1) is 0 Å². The van der Waals surface area contributed by atoms with Gasteiger partial charge in [-0.1, -0.05) is 0 Å². The van der Waals surface area contributed by atoms with Crippen molar-refractivity contribution in [3.05, 3.63) is 12.7 Å². The highest BCUT2D eigenvalue weighted by Gasteiger charge is 2.07. The van der Waals surface area contributed by atoms with E-state index in [1.807, 2.05) is 13.8 Å². The third kappa shape index (κ3) is 1.44. The summed E-state index contributed by atoms with van der Waals surface area (Å²) in [5.74, 6) is 0.716. The van der Waals surface area contributed by atoms with Crippen LogP contribution in [-0.4, -0.2) is 21.0 Å². The first-order chi connectivity index (χ1) is 6.27. The Bertz CT molecular complexity index is 409. The smallest absolute Gasteiger partial charge is 0.251 e. The molecule has 1 N–H and O–H groups in total. The summed E-state index contributed by atoms with van der Waals surface area (Å²) in [5.41, 5.74) is 1.19. The zero-order valence-corrected chi connectivity index (χ0v) is 7.48. The summed E-state index contributed by atoms with van der Waals surface area (Å²) in [6, 6.07) is 0.315. The maximum absolute atomic E-state index is 5.04. The molecule has 5 heteroatoms. The van der Waals surface area contributed by atoms with Gasteiger partial charge < -0.3 is 9.73 Å². The molecule has 0 spiro atoms. The highest BCUT2D eigenvalue weighted by Crippen LogP contribution is 2.16. The molecule has 0 fully saturated rings. The predicted octanol–water partition coefficient (Wildman–Crippen LogP) is 1.44. The molecular weight excluding hydrogens is 168 g/mol. The summed E-state index contributed by atoms with van der Waals surface area (Å²) < 4.78 is 5.04. The molecule has 2 aromatic rings. The van der Waals surface area contributed by atoms with Crippen LogP contribution in [-0.2, 0) is 0 Å². The molecular formula is C8H10N4O. The molecule has 2 rings (SSSR count). The largest absolute Gasteiger partial charge is 0.425 e. The van der Waals surface area contributed by atoms with Crippen molar-refractivity contribution in [1.29, 1.82) is 0 Å². The number of hydrogen-bond donors (Lipinski definition) is 1. The third-order valence-electron chi connectivity index (χ3n) is 1.56. The lowest BCUT2D eigenvalue weighted by Gasteiger charge is -2.07. The summed E-state index contributed by atoms with van der Waals surface area (Å²) in [7, 11) is 0. The summed E-state index contributed by atoms with van der Waals surface area (Å²) in [4.78, 5) is 12.0. The second-order valence-electron chi connectivity index (χ2n) is 3.03. The second kappa shape index (κ2) is 3.01. The minimum atomic E-state index is 0.315. The van der Waals surface area contributed by atoms with E-state index in [9.17, 15) is 0 Å². The summed E-state index contributed by atoms with van der Waals surface area (Å²) in [6.45, 7) is 4.07. The summed E-state index contributed by atoms with van der Waals surface area (Å²) in [5, 5.41) is 3.16. The van der Waals surface area contributed by atoms with Gasteiger partial charge >= 0.3 is 0 Å². The highest BCUT2D eigenvalue weighted by molar-refractivity contribution is 5.80. The number of hydrogen-bond acceptors (Lipinski definition) is 5. The lowest BCUT2D eigenvalue weighted by atomic mass is 10.4. The molecule has 5 nitrogen and oxygen atoms in total. The Hall–Kier alpha value is -1.65. The monoisotopic (exact) mass is 178 g/mol. The van der Waals surface area contributed by atoms with E-state index in [2.05, 4.69) is 20.3 Å². The zero-order valence-electron chi connectivity index (χ0n) is 7.48. The molecule has 0 unspecified atom stereocenters. The molecule has 13 heavy (non-hydrogen) atoms. The van der Waals surface area contributed by atoms with E-state index in [4.69, 9.17) is 4.42 Å². The highest BCUT2D eigenvalue weighted by atomic mass is 16.3. The van der Waals surface area contributed by atoms with Gasteiger partial charge in [0.25, 0.3) is 5.71 Å². The van der Waals surface area contributed by atoms with Crippen LogP contribution in [0.3, 0.4) is 0 Å². The molecule has 68 valence electrons. The van der Waals surface area contributed by atoms with E-state index in [0.717, 1.165) is 0 Å². The van der Waals surface area contributed by atoms with Crippen molar-refractivity contribution in [1.82, 2.24) is 15.0 Å². The van der Waals surface area contributed by atoms with Crippen molar-refractivity contribution in [3.8, 4) is 0 Å². The Morgan fingerprint density at radius 1 is 1.31 bits per heavy atom. The molecule has 0 atom stereocenters. The number of fused-ring (bicyclic) bond motifs is 1. The van der Waals surface area contributed by atoms with E-state index < -0.39 is 0 Å². The molecule has 0 aromatic carbocycles. The Morgan fingerprint density at radius 2 is 2.15 bits per heavy atom. The SMILES string of the molecule is CC(C)Nc1ncnc2ocnc12. The molecule has 0 saturated heterocycles. The van der Waals surface area contributed by atoms with Crippen LogP contribution >= 0.6 is 0 Å². The van der Waals surface area contributed by atoms with Crippen LogP contribution < -0.4 is 5.32 Å². The molecule has 0 radical (unpaired) electrons. The first-order valence-corrected chi connectivity index (χ1v) is 4.08. The van der Waals surface area contributed by atoms with Crippen LogP contribution in [0.25, 0.3) is 11.2 Å². The predicted molar refractivity (Wildman–Crippen MR) is 48.4 cm³/mol. The minimum absolute atomic E-state index is 0.315. The van der Waals surface area contributed by atoms with Crippen LogP contribution in [0.5, 0.6) is 0 Å². The van der Waals surface area contributed by atoms with Crippen molar-refractivity contribution < 1.29 is 4.42 Å². The third-order valence-corrected chi connectivity index (χ3v) is 1.56.